The lowest BCUT2D eigenvalue weighted by atomic mass is 9.93. The number of ether oxygens (including phenoxy) is 1. The van der Waals surface area contributed by atoms with Gasteiger partial charge in [-0.2, -0.15) is 0 Å². The normalized spacial score (nSPS) is 14.9. The topological polar surface area (TPSA) is 91.5 Å². The highest BCUT2D eigenvalue weighted by Crippen LogP contribution is 2.16. The lowest BCUT2D eigenvalue weighted by molar-refractivity contribution is -0.128. The minimum absolute atomic E-state index is 0.0803. The monoisotopic (exact) mass is 492 g/mol. The average molecular weight is 493 g/mol. The van der Waals surface area contributed by atoms with Crippen molar-refractivity contribution in [3.8, 4) is 0 Å². The Hall–Kier alpha value is -2.12. The fraction of sp³-hybridized carbons (Fsp3) is 0.714. The average Bonchev–Trinajstić information content (AvgIpc) is 2.83. The van der Waals surface area contributed by atoms with Gasteiger partial charge in [0.2, 0.25) is 11.8 Å². The van der Waals surface area contributed by atoms with E-state index in [0.29, 0.717) is 19.7 Å². The summed E-state index contributed by atoms with van der Waals surface area (Å²) in [7, 11) is 0. The van der Waals surface area contributed by atoms with Gasteiger partial charge >= 0.3 is 0 Å². The van der Waals surface area contributed by atoms with Gasteiger partial charge in [0.05, 0.1) is 13.2 Å². The lowest BCUT2D eigenvalue weighted by Gasteiger charge is -2.29. The second-order valence-electron chi connectivity index (χ2n) is 9.54. The zero-order chi connectivity index (χ0) is 26.7. The zero-order valence-corrected chi connectivity index (χ0v) is 23.4. The van der Waals surface area contributed by atoms with Gasteiger partial charge in [0.1, 0.15) is 11.8 Å². The van der Waals surface area contributed by atoms with Gasteiger partial charge in [-0.15, -0.1) is 0 Å². The molecule has 0 rings (SSSR count). The Morgan fingerprint density at radius 2 is 1.86 bits per heavy atom. The van der Waals surface area contributed by atoms with Crippen LogP contribution in [0.4, 0.5) is 0 Å². The molecule has 0 heterocycles. The van der Waals surface area contributed by atoms with Gasteiger partial charge in [-0.1, -0.05) is 59.8 Å². The summed E-state index contributed by atoms with van der Waals surface area (Å²) in [5.74, 6) is 0.474. The van der Waals surface area contributed by atoms with Crippen LogP contribution in [0.2, 0.25) is 0 Å². The molecule has 0 spiro atoms. The van der Waals surface area contributed by atoms with Gasteiger partial charge in [-0.05, 0) is 57.6 Å². The van der Waals surface area contributed by atoms with Crippen LogP contribution in [0.1, 0.15) is 87.0 Å². The van der Waals surface area contributed by atoms with Crippen molar-refractivity contribution >= 4 is 11.8 Å². The summed E-state index contributed by atoms with van der Waals surface area (Å²) in [6.07, 6.45) is 11.1. The summed E-state index contributed by atoms with van der Waals surface area (Å²) in [6.45, 7) is 20.1. The highest BCUT2D eigenvalue weighted by molar-refractivity contribution is 5.88. The highest BCUT2D eigenvalue weighted by atomic mass is 16.5. The minimum atomic E-state index is -0.633. The summed E-state index contributed by atoms with van der Waals surface area (Å²) >= 11 is 0. The van der Waals surface area contributed by atoms with Crippen LogP contribution in [0.15, 0.2) is 36.1 Å². The van der Waals surface area contributed by atoms with Gasteiger partial charge in [0, 0.05) is 24.7 Å². The molecule has 0 fully saturated rings. The van der Waals surface area contributed by atoms with Gasteiger partial charge in [0.25, 0.3) is 0 Å². The van der Waals surface area contributed by atoms with Crippen LogP contribution in [0.5, 0.6) is 0 Å². The maximum Gasteiger partial charge on any atom is 0.243 e. The Morgan fingerprint density at radius 3 is 2.40 bits per heavy atom. The molecule has 0 radical (unpaired) electrons. The maximum absolute atomic E-state index is 12.9. The van der Waals surface area contributed by atoms with Gasteiger partial charge in [-0.3, -0.25) is 9.59 Å². The Balaban J connectivity index is 4.95. The lowest BCUT2D eigenvalue weighted by Crippen LogP contribution is -2.55. The summed E-state index contributed by atoms with van der Waals surface area (Å²) < 4.78 is 5.84. The van der Waals surface area contributed by atoms with Gasteiger partial charge in [-0.25, -0.2) is 0 Å². The summed E-state index contributed by atoms with van der Waals surface area (Å²) in [5.41, 5.74) is 0.942. The summed E-state index contributed by atoms with van der Waals surface area (Å²) in [4.78, 5) is 25.5. The molecule has 0 saturated carbocycles. The Labute approximate surface area is 214 Å². The Morgan fingerprint density at radius 1 is 1.14 bits per heavy atom. The standard InChI is InChI=1S/C28H52N4O3/c1-9-15-25(35-19-11-3)23(12-4)16-14-18-29-27(34)24(20-30-22(6)7)32-26(33)21-31-28(8,13-5)17-10-2/h9,12,15,22,24,30-31H,4,10-11,13-14,16-21H2,1-3,5-8H3,(H,29,34)(H,32,33)/b15-9-,25-23-. The third kappa shape index (κ3) is 14.8. The first-order chi connectivity index (χ1) is 16.7. The number of hydrogen-bond acceptors (Lipinski definition) is 5. The fourth-order valence-corrected chi connectivity index (χ4v) is 3.59. The molecule has 7 nitrogen and oxygen atoms in total. The first kappa shape index (κ1) is 32.9. The Bertz CT molecular complexity index is 688. The van der Waals surface area contributed by atoms with Crippen molar-refractivity contribution in [2.24, 2.45) is 0 Å². The van der Waals surface area contributed by atoms with Crippen LogP contribution in [0.3, 0.4) is 0 Å². The van der Waals surface area contributed by atoms with E-state index in [-0.39, 0.29) is 29.9 Å². The van der Waals surface area contributed by atoms with Crippen molar-refractivity contribution in [1.29, 1.82) is 0 Å². The van der Waals surface area contributed by atoms with E-state index in [1.54, 1.807) is 0 Å². The number of carbonyl (C=O) groups excluding carboxylic acids is 2. The molecule has 0 bridgehead atoms. The largest absolute Gasteiger partial charge is 0.493 e. The van der Waals surface area contributed by atoms with E-state index >= 15 is 0 Å². The molecule has 0 aliphatic heterocycles. The van der Waals surface area contributed by atoms with Gasteiger partial charge < -0.3 is 26.0 Å². The summed E-state index contributed by atoms with van der Waals surface area (Å²) in [6, 6.07) is -0.423. The predicted molar refractivity (Wildman–Crippen MR) is 147 cm³/mol. The molecule has 35 heavy (non-hydrogen) atoms. The number of nitrogens with one attached hydrogen (secondary N) is 4. The molecule has 0 saturated heterocycles. The number of carbonyl (C=O) groups is 2. The molecule has 0 aromatic carbocycles. The van der Waals surface area contributed by atoms with Crippen LogP contribution in [0, 0.1) is 0 Å². The van der Waals surface area contributed by atoms with Crippen molar-refractivity contribution in [2.75, 3.05) is 26.2 Å². The second-order valence-corrected chi connectivity index (χ2v) is 9.54. The van der Waals surface area contributed by atoms with Crippen LogP contribution in [-0.4, -0.2) is 55.7 Å². The molecule has 2 amide bonds. The van der Waals surface area contributed by atoms with E-state index < -0.39 is 6.04 Å². The van der Waals surface area contributed by atoms with Crippen molar-refractivity contribution in [3.05, 3.63) is 36.1 Å². The quantitative estimate of drug-likeness (QED) is 0.115. The maximum atomic E-state index is 12.9. The predicted octanol–water partition coefficient (Wildman–Crippen LogP) is 4.37. The highest BCUT2D eigenvalue weighted by Gasteiger charge is 2.24. The third-order valence-corrected chi connectivity index (χ3v) is 5.90. The molecule has 0 aromatic rings. The van der Waals surface area contributed by atoms with Crippen LogP contribution < -0.4 is 21.3 Å². The van der Waals surface area contributed by atoms with E-state index in [9.17, 15) is 9.59 Å². The van der Waals surface area contributed by atoms with Crippen molar-refractivity contribution < 1.29 is 14.3 Å². The third-order valence-electron chi connectivity index (χ3n) is 5.90. The van der Waals surface area contributed by atoms with Gasteiger partial charge in [0.15, 0.2) is 0 Å². The van der Waals surface area contributed by atoms with E-state index in [0.717, 1.165) is 49.9 Å². The first-order valence-corrected chi connectivity index (χ1v) is 13.3. The number of rotatable bonds is 20. The SMILES string of the molecule is C=C/C(CCCNC(=O)C(CNC(C)C)NC(=O)CNC(C)(CC)CCC)=C(\C=C/C)OCCC. The molecule has 0 aliphatic carbocycles. The molecule has 0 aromatic heterocycles. The van der Waals surface area contributed by atoms with E-state index in [1.165, 1.54) is 0 Å². The van der Waals surface area contributed by atoms with Crippen LogP contribution in [-0.2, 0) is 14.3 Å². The number of hydrogen-bond donors (Lipinski definition) is 4. The molecule has 4 N–H and O–H groups in total. The van der Waals surface area contributed by atoms with Crippen LogP contribution >= 0.6 is 0 Å². The molecule has 7 heteroatoms. The zero-order valence-electron chi connectivity index (χ0n) is 23.4. The molecular formula is C28H52N4O3. The smallest absolute Gasteiger partial charge is 0.243 e. The molecule has 0 aliphatic rings. The first-order valence-electron chi connectivity index (χ1n) is 13.3. The van der Waals surface area contributed by atoms with Crippen molar-refractivity contribution in [3.63, 3.8) is 0 Å². The second kappa shape index (κ2) is 19.1. The Kier molecular flexibility index (Phi) is 18.0. The van der Waals surface area contributed by atoms with Crippen molar-refractivity contribution in [2.45, 2.75) is 105 Å². The van der Waals surface area contributed by atoms with Crippen LogP contribution in [0.25, 0.3) is 0 Å². The fourth-order valence-electron chi connectivity index (χ4n) is 3.59. The molecule has 202 valence electrons. The minimum Gasteiger partial charge on any atom is -0.493 e. The number of amides is 2. The number of allylic oxidation sites excluding steroid dienone is 4. The summed E-state index contributed by atoms with van der Waals surface area (Å²) in [5, 5.41) is 12.5. The van der Waals surface area contributed by atoms with E-state index in [1.807, 2.05) is 39.0 Å². The van der Waals surface area contributed by atoms with Crippen molar-refractivity contribution in [1.82, 2.24) is 21.3 Å². The molecular weight excluding hydrogens is 440 g/mol. The molecule has 2 atom stereocenters. The molecule has 2 unspecified atom stereocenters. The van der Waals surface area contributed by atoms with E-state index in [4.69, 9.17) is 4.74 Å². The van der Waals surface area contributed by atoms with E-state index in [2.05, 4.69) is 55.5 Å².